The summed E-state index contributed by atoms with van der Waals surface area (Å²) in [6, 6.07) is 4.55. The standard InChI is InChI=1S/C18H28N2O3S.ClH/c1-11(2)16-10-18(12(3)7-17(16)23-4)24(21,22)20-15-8-13-5-6-14(9-15)19-13;/h7,10-11,13-15,19-20H,5-6,8-9H2,1-4H3;1H. The third kappa shape index (κ3) is 4.30. The summed E-state index contributed by atoms with van der Waals surface area (Å²) < 4.78 is 34.3. The van der Waals surface area contributed by atoms with Crippen molar-refractivity contribution in [1.29, 1.82) is 0 Å². The zero-order valence-electron chi connectivity index (χ0n) is 15.3. The van der Waals surface area contributed by atoms with E-state index in [9.17, 15) is 8.42 Å². The molecule has 2 N–H and O–H groups in total. The molecule has 25 heavy (non-hydrogen) atoms. The lowest BCUT2D eigenvalue weighted by Crippen LogP contribution is -2.48. The van der Waals surface area contributed by atoms with Crippen LogP contribution in [0.25, 0.3) is 0 Å². The fourth-order valence-electron chi connectivity index (χ4n) is 4.03. The lowest BCUT2D eigenvalue weighted by atomic mass is 10.0. The maximum atomic E-state index is 13.0. The Morgan fingerprint density at radius 3 is 2.32 bits per heavy atom. The van der Waals surface area contributed by atoms with Gasteiger partial charge >= 0.3 is 0 Å². The minimum atomic E-state index is -3.52. The molecule has 2 aliphatic rings. The quantitative estimate of drug-likeness (QED) is 0.813. The van der Waals surface area contributed by atoms with Gasteiger partial charge in [0.1, 0.15) is 5.75 Å². The molecule has 5 nitrogen and oxygen atoms in total. The summed E-state index contributed by atoms with van der Waals surface area (Å²) in [5.74, 6) is 0.950. The van der Waals surface area contributed by atoms with Gasteiger partial charge in [-0.25, -0.2) is 13.1 Å². The van der Waals surface area contributed by atoms with Gasteiger partial charge in [0.05, 0.1) is 12.0 Å². The molecule has 1 aromatic carbocycles. The molecule has 0 saturated carbocycles. The average Bonchev–Trinajstić information content (AvgIpc) is 2.84. The van der Waals surface area contributed by atoms with Gasteiger partial charge in [0.25, 0.3) is 0 Å². The number of benzene rings is 1. The molecule has 0 aromatic heterocycles. The Hall–Kier alpha value is -0.820. The van der Waals surface area contributed by atoms with Crippen LogP contribution >= 0.6 is 12.4 Å². The molecule has 2 aliphatic heterocycles. The second-order valence-corrected chi connectivity index (χ2v) is 9.12. The molecule has 2 saturated heterocycles. The predicted octanol–water partition coefficient (Wildman–Crippen LogP) is 3.11. The summed E-state index contributed by atoms with van der Waals surface area (Å²) in [4.78, 5) is 0.373. The Balaban J connectivity index is 0.00000225. The SMILES string of the molecule is COc1cc(C)c(S(=O)(=O)NC2CC3CCC(C2)N3)cc1C(C)C.Cl. The van der Waals surface area contributed by atoms with Gasteiger partial charge in [-0.15, -0.1) is 12.4 Å². The first-order valence-electron chi connectivity index (χ1n) is 8.77. The average molecular weight is 389 g/mol. The second-order valence-electron chi connectivity index (χ2n) is 7.44. The molecule has 3 rings (SSSR count). The van der Waals surface area contributed by atoms with Gasteiger partial charge in [0.15, 0.2) is 0 Å². The molecule has 1 aromatic rings. The number of aryl methyl sites for hydroxylation is 1. The van der Waals surface area contributed by atoms with Crippen LogP contribution in [-0.4, -0.2) is 33.7 Å². The Bertz CT molecular complexity index is 709. The lowest BCUT2D eigenvalue weighted by molar-refractivity contribution is 0.345. The maximum Gasteiger partial charge on any atom is 0.241 e. The summed E-state index contributed by atoms with van der Waals surface area (Å²) in [7, 11) is -1.90. The molecule has 0 radical (unpaired) electrons. The highest BCUT2D eigenvalue weighted by molar-refractivity contribution is 7.89. The molecular weight excluding hydrogens is 360 g/mol. The molecular formula is C18H29ClN2O3S. The highest BCUT2D eigenvalue weighted by atomic mass is 35.5. The van der Waals surface area contributed by atoms with Gasteiger partial charge in [-0.1, -0.05) is 13.8 Å². The van der Waals surface area contributed by atoms with Crippen LogP contribution in [0.2, 0.25) is 0 Å². The fourth-order valence-corrected chi connectivity index (χ4v) is 5.55. The molecule has 2 bridgehead atoms. The van der Waals surface area contributed by atoms with Crippen LogP contribution in [-0.2, 0) is 10.0 Å². The van der Waals surface area contributed by atoms with Crippen molar-refractivity contribution in [3.8, 4) is 5.75 Å². The summed E-state index contributed by atoms with van der Waals surface area (Å²) in [5.41, 5.74) is 1.65. The van der Waals surface area contributed by atoms with Gasteiger partial charge in [0.2, 0.25) is 10.0 Å². The number of halogens is 1. The molecule has 2 heterocycles. The van der Waals surface area contributed by atoms with Crippen LogP contribution in [0.1, 0.15) is 56.6 Å². The van der Waals surface area contributed by atoms with Crippen LogP contribution < -0.4 is 14.8 Å². The number of nitrogens with one attached hydrogen (secondary N) is 2. The van der Waals surface area contributed by atoms with E-state index in [0.717, 1.165) is 42.6 Å². The van der Waals surface area contributed by atoms with Gasteiger partial charge in [-0.2, -0.15) is 0 Å². The van der Waals surface area contributed by atoms with Crippen molar-refractivity contribution in [3.05, 3.63) is 23.3 Å². The van der Waals surface area contributed by atoms with E-state index in [1.54, 1.807) is 13.2 Å². The Morgan fingerprint density at radius 2 is 1.80 bits per heavy atom. The van der Waals surface area contributed by atoms with Crippen LogP contribution in [0, 0.1) is 6.92 Å². The largest absolute Gasteiger partial charge is 0.496 e. The molecule has 7 heteroatoms. The maximum absolute atomic E-state index is 13.0. The van der Waals surface area contributed by atoms with E-state index in [1.807, 2.05) is 26.8 Å². The predicted molar refractivity (Wildman–Crippen MR) is 102 cm³/mol. The van der Waals surface area contributed by atoms with Crippen LogP contribution in [0.4, 0.5) is 0 Å². The molecule has 0 amide bonds. The van der Waals surface area contributed by atoms with E-state index in [1.165, 1.54) is 0 Å². The van der Waals surface area contributed by atoms with E-state index >= 15 is 0 Å². The number of sulfonamides is 1. The van der Waals surface area contributed by atoms with Crippen molar-refractivity contribution in [1.82, 2.24) is 10.0 Å². The van der Waals surface area contributed by atoms with E-state index in [2.05, 4.69) is 10.0 Å². The van der Waals surface area contributed by atoms with Gasteiger partial charge < -0.3 is 10.1 Å². The van der Waals surface area contributed by atoms with Crippen LogP contribution in [0.3, 0.4) is 0 Å². The smallest absolute Gasteiger partial charge is 0.241 e. The first kappa shape index (κ1) is 20.5. The number of hydrogen-bond donors (Lipinski definition) is 2. The zero-order valence-corrected chi connectivity index (χ0v) is 17.0. The van der Waals surface area contributed by atoms with Crippen LogP contribution in [0.15, 0.2) is 17.0 Å². The third-order valence-corrected chi connectivity index (χ3v) is 6.90. The third-order valence-electron chi connectivity index (χ3n) is 5.23. The fraction of sp³-hybridized carbons (Fsp3) is 0.667. The summed E-state index contributed by atoms with van der Waals surface area (Å²) in [6.07, 6.45) is 4.06. The number of fused-ring (bicyclic) bond motifs is 2. The van der Waals surface area contributed by atoms with Crippen molar-refractivity contribution in [2.45, 2.75) is 75.4 Å². The lowest BCUT2D eigenvalue weighted by Gasteiger charge is -2.29. The molecule has 2 atom stereocenters. The number of piperidine rings is 1. The summed E-state index contributed by atoms with van der Waals surface area (Å²) in [5, 5.41) is 3.54. The summed E-state index contributed by atoms with van der Waals surface area (Å²) in [6.45, 7) is 5.91. The van der Waals surface area contributed by atoms with Crippen molar-refractivity contribution < 1.29 is 13.2 Å². The van der Waals surface area contributed by atoms with Gasteiger partial charge in [-0.05, 0) is 61.8 Å². The first-order valence-corrected chi connectivity index (χ1v) is 10.3. The van der Waals surface area contributed by atoms with Crippen molar-refractivity contribution in [2.24, 2.45) is 0 Å². The van der Waals surface area contributed by atoms with Crippen molar-refractivity contribution in [3.63, 3.8) is 0 Å². The van der Waals surface area contributed by atoms with E-state index < -0.39 is 10.0 Å². The first-order chi connectivity index (χ1) is 11.3. The number of methoxy groups -OCH3 is 1. The number of ether oxygens (including phenoxy) is 1. The van der Waals surface area contributed by atoms with Crippen molar-refractivity contribution in [2.75, 3.05) is 7.11 Å². The van der Waals surface area contributed by atoms with E-state index in [0.29, 0.717) is 17.0 Å². The highest BCUT2D eigenvalue weighted by Gasteiger charge is 2.35. The Kier molecular flexibility index (Phi) is 6.41. The molecule has 2 fully saturated rings. The number of hydrogen-bond acceptors (Lipinski definition) is 4. The molecule has 0 aliphatic carbocycles. The van der Waals surface area contributed by atoms with E-state index in [-0.39, 0.29) is 24.4 Å². The highest BCUT2D eigenvalue weighted by Crippen LogP contribution is 2.32. The minimum absolute atomic E-state index is 0. The zero-order chi connectivity index (χ0) is 17.5. The molecule has 2 unspecified atom stereocenters. The van der Waals surface area contributed by atoms with E-state index in [4.69, 9.17) is 4.74 Å². The molecule has 142 valence electrons. The normalized spacial score (nSPS) is 25.7. The Morgan fingerprint density at radius 1 is 1.20 bits per heavy atom. The number of rotatable bonds is 5. The van der Waals surface area contributed by atoms with Gasteiger partial charge in [0, 0.05) is 18.1 Å². The Labute approximate surface area is 157 Å². The second kappa shape index (κ2) is 7.82. The topological polar surface area (TPSA) is 67.4 Å². The minimum Gasteiger partial charge on any atom is -0.496 e. The summed E-state index contributed by atoms with van der Waals surface area (Å²) >= 11 is 0. The van der Waals surface area contributed by atoms with Crippen molar-refractivity contribution >= 4 is 22.4 Å². The van der Waals surface area contributed by atoms with Gasteiger partial charge in [-0.3, -0.25) is 0 Å². The molecule has 0 spiro atoms. The monoisotopic (exact) mass is 388 g/mol. The van der Waals surface area contributed by atoms with Crippen LogP contribution in [0.5, 0.6) is 5.75 Å².